The van der Waals surface area contributed by atoms with Crippen LogP contribution in [0.5, 0.6) is 0 Å². The van der Waals surface area contributed by atoms with E-state index < -0.39 is 6.10 Å². The number of imidazole rings is 1. The molecule has 4 heteroatoms. The second-order valence-electron chi connectivity index (χ2n) is 4.12. The fourth-order valence-electron chi connectivity index (χ4n) is 1.73. The maximum absolute atomic E-state index is 10.1. The van der Waals surface area contributed by atoms with Crippen molar-refractivity contribution in [3.8, 4) is 0 Å². The zero-order valence-corrected chi connectivity index (χ0v) is 9.50. The summed E-state index contributed by atoms with van der Waals surface area (Å²) in [5.41, 5.74) is 0.825. The molecule has 2 rings (SSSR count). The molecular weight excluding hydrogens is 204 g/mol. The molecular formula is C12H16N2O2. The number of rotatable bonds is 4. The van der Waals surface area contributed by atoms with E-state index in [9.17, 15) is 5.11 Å². The molecule has 2 aromatic heterocycles. The average molecular weight is 220 g/mol. The second-order valence-corrected chi connectivity index (χ2v) is 4.12. The Bertz CT molecular complexity index is 432. The maximum atomic E-state index is 10.1. The molecule has 1 atom stereocenters. The van der Waals surface area contributed by atoms with Crippen molar-refractivity contribution in [1.29, 1.82) is 0 Å². The van der Waals surface area contributed by atoms with Crippen LogP contribution in [0.15, 0.2) is 35.3 Å². The predicted molar refractivity (Wildman–Crippen MR) is 60.0 cm³/mol. The zero-order chi connectivity index (χ0) is 11.5. The van der Waals surface area contributed by atoms with E-state index in [-0.39, 0.29) is 0 Å². The average Bonchev–Trinajstić information content (AvgIpc) is 2.86. The van der Waals surface area contributed by atoms with Crippen molar-refractivity contribution in [2.24, 2.45) is 0 Å². The quantitative estimate of drug-likeness (QED) is 0.860. The van der Waals surface area contributed by atoms with Gasteiger partial charge in [-0.1, -0.05) is 0 Å². The van der Waals surface area contributed by atoms with Crippen LogP contribution in [0.3, 0.4) is 0 Å². The number of nitrogens with zero attached hydrogens (tertiary/aromatic N) is 2. The normalized spacial score (nSPS) is 13.2. The van der Waals surface area contributed by atoms with Gasteiger partial charge in [-0.05, 0) is 26.0 Å². The van der Waals surface area contributed by atoms with E-state index in [0.717, 1.165) is 11.5 Å². The van der Waals surface area contributed by atoms with Gasteiger partial charge in [0.1, 0.15) is 11.9 Å². The summed E-state index contributed by atoms with van der Waals surface area (Å²) in [5, 5.41) is 10.1. The van der Waals surface area contributed by atoms with Gasteiger partial charge in [0, 0.05) is 12.5 Å². The molecule has 0 bridgehead atoms. The lowest BCUT2D eigenvalue weighted by Crippen LogP contribution is -2.10. The van der Waals surface area contributed by atoms with E-state index >= 15 is 0 Å². The highest BCUT2D eigenvalue weighted by molar-refractivity contribution is 5.09. The SMILES string of the molecule is CC(C)n1cncc1C(O)Cc1ccco1. The van der Waals surface area contributed by atoms with Gasteiger partial charge >= 0.3 is 0 Å². The Kier molecular flexibility index (Phi) is 3.10. The van der Waals surface area contributed by atoms with Crippen LogP contribution >= 0.6 is 0 Å². The minimum Gasteiger partial charge on any atom is -0.469 e. The Morgan fingerprint density at radius 3 is 2.94 bits per heavy atom. The summed E-state index contributed by atoms with van der Waals surface area (Å²) in [6.45, 7) is 4.12. The Morgan fingerprint density at radius 1 is 1.50 bits per heavy atom. The van der Waals surface area contributed by atoms with Crippen LogP contribution in [-0.4, -0.2) is 14.7 Å². The first-order valence-electron chi connectivity index (χ1n) is 5.40. The largest absolute Gasteiger partial charge is 0.469 e. The van der Waals surface area contributed by atoms with Crippen LogP contribution in [0, 0.1) is 0 Å². The lowest BCUT2D eigenvalue weighted by molar-refractivity contribution is 0.159. The molecule has 0 aliphatic heterocycles. The molecule has 0 spiro atoms. The van der Waals surface area contributed by atoms with Crippen LogP contribution < -0.4 is 0 Å². The van der Waals surface area contributed by atoms with Crippen molar-refractivity contribution in [2.45, 2.75) is 32.4 Å². The van der Waals surface area contributed by atoms with Gasteiger partial charge in [0.25, 0.3) is 0 Å². The molecule has 86 valence electrons. The van der Waals surface area contributed by atoms with E-state index in [1.807, 2.05) is 16.7 Å². The molecule has 1 N–H and O–H groups in total. The van der Waals surface area contributed by atoms with Gasteiger partial charge in [0.2, 0.25) is 0 Å². The topological polar surface area (TPSA) is 51.2 Å². The third-order valence-corrected chi connectivity index (χ3v) is 2.57. The highest BCUT2D eigenvalue weighted by Gasteiger charge is 2.16. The smallest absolute Gasteiger partial charge is 0.106 e. The van der Waals surface area contributed by atoms with E-state index in [2.05, 4.69) is 18.8 Å². The first-order valence-corrected chi connectivity index (χ1v) is 5.40. The zero-order valence-electron chi connectivity index (χ0n) is 9.50. The highest BCUT2D eigenvalue weighted by atomic mass is 16.3. The minimum absolute atomic E-state index is 0.295. The third kappa shape index (κ3) is 2.17. The first-order chi connectivity index (χ1) is 7.68. The van der Waals surface area contributed by atoms with Crippen LogP contribution in [-0.2, 0) is 6.42 Å². The molecule has 0 aliphatic rings. The Balaban J connectivity index is 2.14. The molecule has 2 heterocycles. The number of hydrogen-bond donors (Lipinski definition) is 1. The van der Waals surface area contributed by atoms with Crippen LogP contribution in [0.25, 0.3) is 0 Å². The van der Waals surface area contributed by atoms with E-state index in [4.69, 9.17) is 4.42 Å². The number of hydrogen-bond acceptors (Lipinski definition) is 3. The van der Waals surface area contributed by atoms with Crippen molar-refractivity contribution in [3.63, 3.8) is 0 Å². The van der Waals surface area contributed by atoms with Crippen LogP contribution in [0.2, 0.25) is 0 Å². The van der Waals surface area contributed by atoms with Gasteiger partial charge in [0.05, 0.1) is 24.5 Å². The predicted octanol–water partition coefficient (Wildman–Crippen LogP) is 2.33. The molecule has 16 heavy (non-hydrogen) atoms. The van der Waals surface area contributed by atoms with Crippen LogP contribution in [0.4, 0.5) is 0 Å². The number of aliphatic hydroxyl groups excluding tert-OH is 1. The van der Waals surface area contributed by atoms with Gasteiger partial charge in [-0.3, -0.25) is 0 Å². The van der Waals surface area contributed by atoms with E-state index in [0.29, 0.717) is 12.5 Å². The van der Waals surface area contributed by atoms with Crippen molar-refractivity contribution < 1.29 is 9.52 Å². The summed E-state index contributed by atoms with van der Waals surface area (Å²) in [6, 6.07) is 3.98. The summed E-state index contributed by atoms with van der Waals surface area (Å²) in [6.07, 6.45) is 4.96. The third-order valence-electron chi connectivity index (χ3n) is 2.57. The van der Waals surface area contributed by atoms with Gasteiger partial charge in [-0.2, -0.15) is 0 Å². The first kappa shape index (κ1) is 11.0. The maximum Gasteiger partial charge on any atom is 0.106 e. The molecule has 1 unspecified atom stereocenters. The standard InChI is InChI=1S/C12H16N2O2/c1-9(2)14-8-13-7-11(14)12(15)6-10-4-3-5-16-10/h3-5,7-9,12,15H,6H2,1-2H3. The minimum atomic E-state index is -0.573. The summed E-state index contributed by atoms with van der Waals surface area (Å²) in [7, 11) is 0. The summed E-state index contributed by atoms with van der Waals surface area (Å²) in [4.78, 5) is 4.07. The van der Waals surface area contributed by atoms with E-state index in [1.165, 1.54) is 0 Å². The molecule has 0 fully saturated rings. The van der Waals surface area contributed by atoms with Gasteiger partial charge in [0.15, 0.2) is 0 Å². The fourth-order valence-corrected chi connectivity index (χ4v) is 1.73. The molecule has 0 saturated heterocycles. The molecule has 2 aromatic rings. The summed E-state index contributed by atoms with van der Waals surface area (Å²) in [5.74, 6) is 0.781. The van der Waals surface area contributed by atoms with Gasteiger partial charge < -0.3 is 14.1 Å². The molecule has 4 nitrogen and oxygen atoms in total. The molecule has 0 aliphatic carbocycles. The number of furan rings is 1. The van der Waals surface area contributed by atoms with Gasteiger partial charge in [-0.25, -0.2) is 4.98 Å². The Hall–Kier alpha value is -1.55. The van der Waals surface area contributed by atoms with E-state index in [1.54, 1.807) is 18.8 Å². The molecule has 0 radical (unpaired) electrons. The monoisotopic (exact) mass is 220 g/mol. The number of aliphatic hydroxyl groups is 1. The second kappa shape index (κ2) is 4.53. The number of aromatic nitrogens is 2. The van der Waals surface area contributed by atoms with Crippen molar-refractivity contribution in [3.05, 3.63) is 42.4 Å². The van der Waals surface area contributed by atoms with Crippen molar-refractivity contribution in [1.82, 2.24) is 9.55 Å². The highest BCUT2D eigenvalue weighted by Crippen LogP contribution is 2.20. The lowest BCUT2D eigenvalue weighted by Gasteiger charge is -2.15. The summed E-state index contributed by atoms with van der Waals surface area (Å²) < 4.78 is 7.18. The fraction of sp³-hybridized carbons (Fsp3) is 0.417. The Morgan fingerprint density at radius 2 is 2.31 bits per heavy atom. The molecule has 0 saturated carbocycles. The lowest BCUT2D eigenvalue weighted by atomic mass is 10.1. The van der Waals surface area contributed by atoms with Gasteiger partial charge in [-0.15, -0.1) is 0 Å². The molecule has 0 aromatic carbocycles. The Labute approximate surface area is 94.5 Å². The summed E-state index contributed by atoms with van der Waals surface area (Å²) >= 11 is 0. The van der Waals surface area contributed by atoms with Crippen molar-refractivity contribution >= 4 is 0 Å². The van der Waals surface area contributed by atoms with Crippen molar-refractivity contribution in [2.75, 3.05) is 0 Å². The molecule has 0 amide bonds. The van der Waals surface area contributed by atoms with Crippen LogP contribution in [0.1, 0.15) is 37.4 Å².